The minimum atomic E-state index is -1.17. The highest BCUT2D eigenvalue weighted by atomic mass is 32.2. The molecule has 3 nitrogen and oxygen atoms in total. The molecule has 2 unspecified atom stereocenters. The van der Waals surface area contributed by atoms with Crippen molar-refractivity contribution in [3.63, 3.8) is 0 Å². The molecule has 100 valence electrons. The van der Waals surface area contributed by atoms with Crippen LogP contribution >= 0.6 is 0 Å². The van der Waals surface area contributed by atoms with Crippen molar-refractivity contribution in [2.24, 2.45) is 5.73 Å². The second-order valence-corrected chi connectivity index (χ2v) is 5.29. The fraction of sp³-hybridized carbons (Fsp3) is 0.143. The van der Waals surface area contributed by atoms with Crippen molar-refractivity contribution >= 4 is 16.7 Å². The summed E-state index contributed by atoms with van der Waals surface area (Å²) < 4.78 is 27.0. The molecule has 2 aromatic carbocycles. The van der Waals surface area contributed by atoms with Gasteiger partial charge in [0.05, 0.1) is 11.7 Å². The first-order valence-electron chi connectivity index (χ1n) is 5.78. The van der Waals surface area contributed by atoms with Crippen LogP contribution in [0.5, 0.6) is 0 Å². The number of nitrogens with one attached hydrogen (secondary N) is 1. The number of para-hydroxylation sites is 1. The van der Waals surface area contributed by atoms with Crippen molar-refractivity contribution in [3.05, 3.63) is 65.5 Å². The summed E-state index contributed by atoms with van der Waals surface area (Å²) in [4.78, 5) is 0. The third-order valence-electron chi connectivity index (χ3n) is 2.78. The van der Waals surface area contributed by atoms with Crippen molar-refractivity contribution in [3.8, 4) is 0 Å². The largest absolute Gasteiger partial charge is 0.320 e. The van der Waals surface area contributed by atoms with Crippen molar-refractivity contribution in [2.45, 2.75) is 6.04 Å². The average molecular weight is 278 g/mol. The van der Waals surface area contributed by atoms with Crippen LogP contribution in [0, 0.1) is 5.82 Å². The number of hydrogen-bond donors (Lipinski definition) is 2. The van der Waals surface area contributed by atoms with Crippen LogP contribution in [0.1, 0.15) is 17.2 Å². The quantitative estimate of drug-likeness (QED) is 0.903. The molecular weight excluding hydrogens is 263 g/mol. The van der Waals surface area contributed by atoms with E-state index in [2.05, 4.69) is 4.72 Å². The molecule has 0 saturated heterocycles. The third kappa shape index (κ3) is 3.39. The summed E-state index contributed by atoms with van der Waals surface area (Å²) in [5, 5.41) is 0. The molecule has 0 amide bonds. The Hall–Kier alpha value is -1.72. The monoisotopic (exact) mass is 278 g/mol. The zero-order chi connectivity index (χ0) is 13.8. The van der Waals surface area contributed by atoms with E-state index in [1.807, 2.05) is 24.3 Å². The summed E-state index contributed by atoms with van der Waals surface area (Å²) in [6.07, 6.45) is 1.56. The van der Waals surface area contributed by atoms with Gasteiger partial charge in [0, 0.05) is 6.26 Å². The van der Waals surface area contributed by atoms with Crippen LogP contribution < -0.4 is 10.5 Å². The Balaban J connectivity index is 2.35. The lowest BCUT2D eigenvalue weighted by Crippen LogP contribution is -2.15. The van der Waals surface area contributed by atoms with Gasteiger partial charge in [-0.1, -0.05) is 30.3 Å². The van der Waals surface area contributed by atoms with E-state index in [0.717, 1.165) is 16.8 Å². The van der Waals surface area contributed by atoms with Crippen LogP contribution in [-0.4, -0.2) is 10.5 Å². The van der Waals surface area contributed by atoms with Gasteiger partial charge in [0.2, 0.25) is 0 Å². The average Bonchev–Trinajstić information content (AvgIpc) is 2.39. The predicted octanol–water partition coefficient (Wildman–Crippen LogP) is 2.58. The van der Waals surface area contributed by atoms with Gasteiger partial charge in [-0.25, -0.2) is 8.60 Å². The van der Waals surface area contributed by atoms with Gasteiger partial charge < -0.3 is 10.5 Å². The molecule has 0 heterocycles. The Bertz CT molecular complexity index is 586. The van der Waals surface area contributed by atoms with Crippen LogP contribution in [0.3, 0.4) is 0 Å². The number of halogens is 1. The lowest BCUT2D eigenvalue weighted by Gasteiger charge is -2.17. The van der Waals surface area contributed by atoms with E-state index in [-0.39, 0.29) is 5.82 Å². The van der Waals surface area contributed by atoms with E-state index in [4.69, 9.17) is 5.73 Å². The number of hydrogen-bond acceptors (Lipinski definition) is 2. The van der Waals surface area contributed by atoms with Crippen molar-refractivity contribution < 1.29 is 8.60 Å². The van der Waals surface area contributed by atoms with Crippen LogP contribution in [0.15, 0.2) is 48.5 Å². The molecular formula is C14H15FN2OS. The van der Waals surface area contributed by atoms with Gasteiger partial charge in [0.25, 0.3) is 0 Å². The molecule has 0 aliphatic rings. The maximum absolute atomic E-state index is 12.9. The fourth-order valence-corrected chi connectivity index (χ4v) is 2.36. The van der Waals surface area contributed by atoms with Gasteiger partial charge in [0.1, 0.15) is 16.8 Å². The molecule has 0 radical (unpaired) electrons. The molecule has 0 aromatic heterocycles. The van der Waals surface area contributed by atoms with E-state index < -0.39 is 17.0 Å². The van der Waals surface area contributed by atoms with Crippen molar-refractivity contribution in [2.75, 3.05) is 11.0 Å². The van der Waals surface area contributed by atoms with E-state index in [9.17, 15) is 8.60 Å². The summed E-state index contributed by atoms with van der Waals surface area (Å²) in [5.74, 6) is -0.294. The number of benzene rings is 2. The normalized spacial score (nSPS) is 13.8. The summed E-state index contributed by atoms with van der Waals surface area (Å²) in [6, 6.07) is 13.1. The van der Waals surface area contributed by atoms with Crippen LogP contribution in [0.2, 0.25) is 0 Å². The Labute approximate surface area is 114 Å². The summed E-state index contributed by atoms with van der Waals surface area (Å²) in [5.41, 5.74) is 8.53. The van der Waals surface area contributed by atoms with Crippen LogP contribution in [0.4, 0.5) is 10.1 Å². The molecule has 0 fully saturated rings. The lowest BCUT2D eigenvalue weighted by molar-refractivity contribution is 0.626. The molecule has 3 N–H and O–H groups in total. The lowest BCUT2D eigenvalue weighted by atomic mass is 9.98. The summed E-state index contributed by atoms with van der Waals surface area (Å²) in [6.45, 7) is 0. The zero-order valence-electron chi connectivity index (χ0n) is 10.5. The highest BCUT2D eigenvalue weighted by Gasteiger charge is 2.13. The molecule has 0 aliphatic heterocycles. The molecule has 5 heteroatoms. The first kappa shape index (κ1) is 13.7. The van der Waals surface area contributed by atoms with E-state index in [1.54, 1.807) is 18.4 Å². The Morgan fingerprint density at radius 3 is 2.42 bits per heavy atom. The molecule has 0 saturated carbocycles. The first-order valence-corrected chi connectivity index (χ1v) is 7.34. The molecule has 2 atom stereocenters. The Morgan fingerprint density at radius 1 is 1.16 bits per heavy atom. The van der Waals surface area contributed by atoms with Gasteiger partial charge in [-0.15, -0.1) is 0 Å². The molecule has 2 aromatic rings. The smallest absolute Gasteiger partial charge is 0.123 e. The standard InChI is InChI=1S/C14H15FN2OS/c1-19(18)17-13-5-3-2-4-12(13)14(16)10-6-8-11(15)9-7-10/h2-9,14,17H,16H2,1H3. The van der Waals surface area contributed by atoms with Gasteiger partial charge >= 0.3 is 0 Å². The fourth-order valence-electron chi connectivity index (χ4n) is 1.87. The molecule has 2 rings (SSSR count). The number of nitrogens with two attached hydrogens (primary N) is 1. The summed E-state index contributed by atoms with van der Waals surface area (Å²) >= 11 is 0. The molecule has 0 spiro atoms. The molecule has 0 aliphatic carbocycles. The second kappa shape index (κ2) is 5.95. The SMILES string of the molecule is CS(=O)Nc1ccccc1C(N)c1ccc(F)cc1. The first-order chi connectivity index (χ1) is 9.08. The highest BCUT2D eigenvalue weighted by molar-refractivity contribution is 7.85. The maximum Gasteiger partial charge on any atom is 0.123 e. The topological polar surface area (TPSA) is 55.1 Å². The van der Waals surface area contributed by atoms with Crippen LogP contribution in [-0.2, 0) is 11.0 Å². The molecule has 0 bridgehead atoms. The van der Waals surface area contributed by atoms with E-state index in [1.165, 1.54) is 12.1 Å². The number of rotatable bonds is 4. The molecule has 19 heavy (non-hydrogen) atoms. The minimum absolute atomic E-state index is 0.294. The van der Waals surface area contributed by atoms with Gasteiger partial charge in [-0.05, 0) is 29.3 Å². The predicted molar refractivity (Wildman–Crippen MR) is 76.6 cm³/mol. The van der Waals surface area contributed by atoms with Crippen molar-refractivity contribution in [1.29, 1.82) is 0 Å². The third-order valence-corrected chi connectivity index (χ3v) is 3.29. The maximum atomic E-state index is 12.9. The Morgan fingerprint density at radius 2 is 1.79 bits per heavy atom. The van der Waals surface area contributed by atoms with Gasteiger partial charge in [-0.2, -0.15) is 0 Å². The number of anilines is 1. The Kier molecular flexibility index (Phi) is 4.29. The summed E-state index contributed by atoms with van der Waals surface area (Å²) in [7, 11) is -1.17. The van der Waals surface area contributed by atoms with E-state index in [0.29, 0.717) is 0 Å². The van der Waals surface area contributed by atoms with Gasteiger partial charge in [0.15, 0.2) is 0 Å². The van der Waals surface area contributed by atoms with Crippen LogP contribution in [0.25, 0.3) is 0 Å². The highest BCUT2D eigenvalue weighted by Crippen LogP contribution is 2.26. The second-order valence-electron chi connectivity index (χ2n) is 4.17. The zero-order valence-corrected chi connectivity index (χ0v) is 11.3. The van der Waals surface area contributed by atoms with E-state index >= 15 is 0 Å². The van der Waals surface area contributed by atoms with Crippen molar-refractivity contribution in [1.82, 2.24) is 0 Å². The van der Waals surface area contributed by atoms with Gasteiger partial charge in [-0.3, -0.25) is 0 Å². The minimum Gasteiger partial charge on any atom is -0.320 e.